The summed E-state index contributed by atoms with van der Waals surface area (Å²) in [6.45, 7) is 9.37. The molecule has 0 spiro atoms. The third-order valence-electron chi connectivity index (χ3n) is 6.18. The molecule has 2 amide bonds. The zero-order valence-electron chi connectivity index (χ0n) is 17.7. The number of piperidine rings is 1. The molecular weight excluding hydrogens is 371 g/mol. The molecule has 0 radical (unpaired) electrons. The number of rotatable bonds is 5. The summed E-state index contributed by atoms with van der Waals surface area (Å²) in [4.78, 5) is 26.0. The van der Waals surface area contributed by atoms with Crippen LogP contribution in [0.4, 0.5) is 4.79 Å². The van der Waals surface area contributed by atoms with Crippen LogP contribution in [0.2, 0.25) is 0 Å². The molecule has 1 aromatic carbocycles. The van der Waals surface area contributed by atoms with Gasteiger partial charge in [0.05, 0.1) is 11.2 Å². The maximum atomic E-state index is 12.9. The first-order chi connectivity index (χ1) is 13.6. The van der Waals surface area contributed by atoms with Crippen molar-refractivity contribution in [2.75, 3.05) is 13.1 Å². The first-order valence-electron chi connectivity index (χ1n) is 10.3. The summed E-state index contributed by atoms with van der Waals surface area (Å²) in [5.41, 5.74) is 0.846. The molecule has 2 heterocycles. The number of amides is 2. The van der Waals surface area contributed by atoms with Crippen molar-refractivity contribution >= 4 is 24.6 Å². The molecule has 2 fully saturated rings. The average Bonchev–Trinajstić information content (AvgIpc) is 2.89. The van der Waals surface area contributed by atoms with Crippen LogP contribution in [-0.4, -0.2) is 59.5 Å². The van der Waals surface area contributed by atoms with E-state index < -0.39 is 30.5 Å². The van der Waals surface area contributed by atoms with Gasteiger partial charge >= 0.3 is 13.2 Å². The van der Waals surface area contributed by atoms with E-state index in [9.17, 15) is 14.7 Å². The van der Waals surface area contributed by atoms with Crippen molar-refractivity contribution in [1.82, 2.24) is 10.2 Å². The molecule has 2 aliphatic rings. The number of carbonyl (C=O) groups excluding carboxylic acids is 1. The fourth-order valence-corrected chi connectivity index (χ4v) is 3.77. The summed E-state index contributed by atoms with van der Waals surface area (Å²) in [7, 11) is -0.497. The van der Waals surface area contributed by atoms with Gasteiger partial charge < -0.3 is 24.6 Å². The third kappa shape index (κ3) is 4.93. The Morgan fingerprint density at radius 3 is 2.34 bits per heavy atom. The molecule has 0 bridgehead atoms. The first kappa shape index (κ1) is 21.6. The van der Waals surface area contributed by atoms with E-state index in [2.05, 4.69) is 5.32 Å². The van der Waals surface area contributed by atoms with Gasteiger partial charge in [0.2, 0.25) is 5.91 Å². The quantitative estimate of drug-likeness (QED) is 0.738. The predicted octanol–water partition coefficient (Wildman–Crippen LogP) is 2.18. The lowest BCUT2D eigenvalue weighted by Crippen LogP contribution is -2.50. The number of nitrogens with zero attached hydrogens (tertiary/aromatic N) is 1. The lowest BCUT2D eigenvalue weighted by molar-refractivity contribution is -0.134. The molecule has 158 valence electrons. The van der Waals surface area contributed by atoms with Crippen LogP contribution in [-0.2, 0) is 20.5 Å². The zero-order valence-corrected chi connectivity index (χ0v) is 17.7. The average molecular weight is 402 g/mol. The van der Waals surface area contributed by atoms with Gasteiger partial charge in [-0.05, 0) is 58.0 Å². The Morgan fingerprint density at radius 1 is 1.14 bits per heavy atom. The molecule has 0 saturated carbocycles. The van der Waals surface area contributed by atoms with Crippen molar-refractivity contribution < 1.29 is 24.0 Å². The molecule has 1 atom stereocenters. The lowest BCUT2D eigenvalue weighted by Gasteiger charge is -2.32. The van der Waals surface area contributed by atoms with Gasteiger partial charge in [-0.3, -0.25) is 4.79 Å². The highest BCUT2D eigenvalue weighted by molar-refractivity contribution is 6.62. The maximum absolute atomic E-state index is 12.9. The van der Waals surface area contributed by atoms with Crippen molar-refractivity contribution in [3.05, 3.63) is 29.8 Å². The monoisotopic (exact) mass is 402 g/mol. The van der Waals surface area contributed by atoms with E-state index in [-0.39, 0.29) is 12.3 Å². The first-order valence-corrected chi connectivity index (χ1v) is 10.3. The molecule has 0 aliphatic carbocycles. The van der Waals surface area contributed by atoms with Crippen molar-refractivity contribution in [3.63, 3.8) is 0 Å². The van der Waals surface area contributed by atoms with Gasteiger partial charge in [0, 0.05) is 19.5 Å². The molecule has 1 unspecified atom stereocenters. The summed E-state index contributed by atoms with van der Waals surface area (Å²) in [6.07, 6.45) is 2.13. The van der Waals surface area contributed by atoms with Crippen LogP contribution in [0.25, 0.3) is 0 Å². The topological polar surface area (TPSA) is 88.1 Å². The normalized spacial score (nSPS) is 21.7. The van der Waals surface area contributed by atoms with Crippen molar-refractivity contribution in [2.45, 2.75) is 70.6 Å². The van der Waals surface area contributed by atoms with E-state index >= 15 is 0 Å². The van der Waals surface area contributed by atoms with Gasteiger partial charge in [-0.1, -0.05) is 24.3 Å². The smallest absolute Gasteiger partial charge is 0.465 e. The van der Waals surface area contributed by atoms with E-state index in [1.165, 1.54) is 0 Å². The number of hydrogen-bond donors (Lipinski definition) is 2. The SMILES string of the molecule is CC1(C)OB(c2cccc(CC(NC(=O)O)C(=O)N3CCCCC3)c2)OC1(C)C. The Bertz CT molecular complexity index is 745. The Labute approximate surface area is 172 Å². The number of benzene rings is 1. The highest BCUT2D eigenvalue weighted by Gasteiger charge is 2.51. The second-order valence-corrected chi connectivity index (χ2v) is 8.93. The highest BCUT2D eigenvalue weighted by atomic mass is 16.7. The van der Waals surface area contributed by atoms with E-state index in [0.29, 0.717) is 13.1 Å². The van der Waals surface area contributed by atoms with Gasteiger partial charge in [-0.15, -0.1) is 0 Å². The number of nitrogens with one attached hydrogen (secondary N) is 1. The van der Waals surface area contributed by atoms with Gasteiger partial charge in [-0.25, -0.2) is 4.79 Å². The standard InChI is InChI=1S/C21H31BN2O5/c1-20(2)21(3,4)29-22(28-20)16-10-8-9-15(13-16)14-17(23-19(26)27)18(25)24-11-6-5-7-12-24/h8-10,13,17,23H,5-7,11-12,14H2,1-4H3,(H,26,27). The van der Waals surface area contributed by atoms with Crippen LogP contribution < -0.4 is 10.8 Å². The summed E-state index contributed by atoms with van der Waals surface area (Å²) in [5.74, 6) is -0.159. The Morgan fingerprint density at radius 2 is 1.76 bits per heavy atom. The second kappa shape index (κ2) is 8.36. The van der Waals surface area contributed by atoms with E-state index in [0.717, 1.165) is 30.3 Å². The maximum Gasteiger partial charge on any atom is 0.494 e. The third-order valence-corrected chi connectivity index (χ3v) is 6.18. The number of carboxylic acid groups (broad SMARTS) is 1. The molecular formula is C21H31BN2O5. The molecule has 2 N–H and O–H groups in total. The summed E-state index contributed by atoms with van der Waals surface area (Å²) in [5, 5.41) is 11.6. The summed E-state index contributed by atoms with van der Waals surface area (Å²) in [6, 6.07) is 6.84. The molecule has 7 nitrogen and oxygen atoms in total. The molecule has 0 aromatic heterocycles. The van der Waals surface area contributed by atoms with Crippen LogP contribution in [0.1, 0.15) is 52.5 Å². The van der Waals surface area contributed by atoms with Crippen LogP contribution in [0.3, 0.4) is 0 Å². The van der Waals surface area contributed by atoms with E-state index in [4.69, 9.17) is 9.31 Å². The number of hydrogen-bond acceptors (Lipinski definition) is 4. The number of carbonyl (C=O) groups is 2. The van der Waals surface area contributed by atoms with Crippen molar-refractivity contribution in [1.29, 1.82) is 0 Å². The Kier molecular flexibility index (Phi) is 6.24. The molecule has 8 heteroatoms. The molecule has 3 rings (SSSR count). The minimum absolute atomic E-state index is 0.159. The minimum atomic E-state index is -1.19. The van der Waals surface area contributed by atoms with Crippen molar-refractivity contribution in [3.8, 4) is 0 Å². The van der Waals surface area contributed by atoms with Gasteiger partial charge in [0.15, 0.2) is 0 Å². The lowest BCUT2D eigenvalue weighted by atomic mass is 9.78. The van der Waals surface area contributed by atoms with E-state index in [1.807, 2.05) is 52.0 Å². The van der Waals surface area contributed by atoms with Gasteiger partial charge in [-0.2, -0.15) is 0 Å². The minimum Gasteiger partial charge on any atom is -0.465 e. The van der Waals surface area contributed by atoms with Gasteiger partial charge in [0.25, 0.3) is 0 Å². The number of likely N-dealkylation sites (tertiary alicyclic amines) is 1. The highest BCUT2D eigenvalue weighted by Crippen LogP contribution is 2.36. The summed E-state index contributed by atoms with van der Waals surface area (Å²) >= 11 is 0. The van der Waals surface area contributed by atoms with E-state index in [1.54, 1.807) is 4.90 Å². The summed E-state index contributed by atoms with van der Waals surface area (Å²) < 4.78 is 12.2. The van der Waals surface area contributed by atoms with Crippen LogP contribution in [0.5, 0.6) is 0 Å². The van der Waals surface area contributed by atoms with Crippen LogP contribution >= 0.6 is 0 Å². The van der Waals surface area contributed by atoms with Crippen LogP contribution in [0.15, 0.2) is 24.3 Å². The Balaban J connectivity index is 1.76. The molecule has 2 aliphatic heterocycles. The molecule has 1 aromatic rings. The van der Waals surface area contributed by atoms with Crippen LogP contribution in [0, 0.1) is 0 Å². The fraction of sp³-hybridized carbons (Fsp3) is 0.619. The molecule has 29 heavy (non-hydrogen) atoms. The zero-order chi connectivity index (χ0) is 21.2. The van der Waals surface area contributed by atoms with Gasteiger partial charge in [0.1, 0.15) is 6.04 Å². The second-order valence-electron chi connectivity index (χ2n) is 8.93. The Hall–Kier alpha value is -2.06. The molecule has 2 saturated heterocycles. The fourth-order valence-electron chi connectivity index (χ4n) is 3.77. The van der Waals surface area contributed by atoms with Crippen molar-refractivity contribution in [2.24, 2.45) is 0 Å². The predicted molar refractivity (Wildman–Crippen MR) is 111 cm³/mol. The largest absolute Gasteiger partial charge is 0.494 e.